The van der Waals surface area contributed by atoms with E-state index in [1.54, 1.807) is 44.2 Å². The lowest BCUT2D eigenvalue weighted by Gasteiger charge is -2.44. The van der Waals surface area contributed by atoms with Crippen molar-refractivity contribution in [2.75, 3.05) is 0 Å². The highest BCUT2D eigenvalue weighted by atomic mass is 32.2. The van der Waals surface area contributed by atoms with Gasteiger partial charge in [-0.3, -0.25) is 19.2 Å². The first-order valence-corrected chi connectivity index (χ1v) is 15.6. The van der Waals surface area contributed by atoms with E-state index in [9.17, 15) is 29.1 Å². The van der Waals surface area contributed by atoms with Crippen LogP contribution in [-0.4, -0.2) is 60.5 Å². The Bertz CT molecular complexity index is 1810. The molecule has 4 aliphatic rings. The molecule has 3 amide bonds. The molecule has 2 aromatic carbocycles. The van der Waals surface area contributed by atoms with Crippen LogP contribution in [0.1, 0.15) is 79.0 Å². The van der Waals surface area contributed by atoms with Gasteiger partial charge >= 0.3 is 5.97 Å². The van der Waals surface area contributed by atoms with Crippen LogP contribution in [0.4, 0.5) is 4.39 Å². The van der Waals surface area contributed by atoms with Gasteiger partial charge < -0.3 is 25.2 Å². The number of aliphatic carboxylic acids is 1. The van der Waals surface area contributed by atoms with Crippen LogP contribution in [0.2, 0.25) is 0 Å². The molecular weight excluding hydrogens is 587 g/mol. The molecule has 1 saturated carbocycles. The number of aromatic nitrogens is 1. The Hall–Kier alpha value is -4.19. The van der Waals surface area contributed by atoms with Gasteiger partial charge in [0.2, 0.25) is 17.2 Å². The standard InChI is InChI=1S/C32H31FN4O6S/c1-32(2)26(31(42)43)37-29(41)23(30(37)44-32)35-28(40)22(15-8-4-3-5-9-15)34-27(39)18-14-36-20-11-7-6-10-16(20)21-19(33)13-12-17(24(21)36)25(18)38/h3-5,8-9,12-14,16,20,22-23,26,30H,6-7,10-11H2,1-2H3,(H,34,39)(H,35,40)(H,42,43). The van der Waals surface area contributed by atoms with Gasteiger partial charge in [0.05, 0.1) is 5.52 Å². The van der Waals surface area contributed by atoms with Crippen molar-refractivity contribution in [2.24, 2.45) is 0 Å². The van der Waals surface area contributed by atoms with E-state index in [-0.39, 0.29) is 28.7 Å². The molecular formula is C32H31FN4O6S. The number of hydrogen-bond donors (Lipinski definition) is 3. The van der Waals surface area contributed by atoms with Gasteiger partial charge in [-0.05, 0) is 44.4 Å². The third-order valence-corrected chi connectivity index (χ3v) is 11.1. The SMILES string of the molecule is CC1(C)SC2C(NC(=O)C(NC(=O)c3cn4c5c(c(F)ccc5c3=O)C3CCCCC34)c3ccccc3)C(=O)N2C1C(=O)O. The van der Waals surface area contributed by atoms with Gasteiger partial charge in [-0.2, -0.15) is 0 Å². The Labute approximate surface area is 256 Å². The third kappa shape index (κ3) is 4.17. The normalized spacial score (nSPS) is 26.8. The highest BCUT2D eigenvalue weighted by molar-refractivity contribution is 8.01. The Kier molecular flexibility index (Phi) is 6.61. The predicted molar refractivity (Wildman–Crippen MR) is 161 cm³/mol. The summed E-state index contributed by atoms with van der Waals surface area (Å²) in [4.78, 5) is 67.4. The molecule has 3 fully saturated rings. The average molecular weight is 619 g/mol. The van der Waals surface area contributed by atoms with Crippen LogP contribution >= 0.6 is 11.8 Å². The number of benzene rings is 2. The van der Waals surface area contributed by atoms with Crippen LogP contribution in [0.3, 0.4) is 0 Å². The smallest absolute Gasteiger partial charge is 0.327 e. The van der Waals surface area contributed by atoms with Crippen LogP contribution in [0, 0.1) is 5.82 Å². The second kappa shape index (κ2) is 10.2. The van der Waals surface area contributed by atoms with Crippen molar-refractivity contribution in [3.05, 3.63) is 81.4 Å². The van der Waals surface area contributed by atoms with Crippen molar-refractivity contribution in [1.29, 1.82) is 0 Å². The monoisotopic (exact) mass is 618 g/mol. The molecule has 2 saturated heterocycles. The first kappa shape index (κ1) is 28.6. The summed E-state index contributed by atoms with van der Waals surface area (Å²) in [5.74, 6) is -3.46. The molecule has 0 radical (unpaired) electrons. The maximum Gasteiger partial charge on any atom is 0.327 e. The molecule has 10 nitrogen and oxygen atoms in total. The molecule has 3 aromatic rings. The molecule has 6 unspecified atom stereocenters. The molecule has 0 spiro atoms. The van der Waals surface area contributed by atoms with Crippen molar-refractivity contribution in [3.63, 3.8) is 0 Å². The van der Waals surface area contributed by atoms with Crippen LogP contribution in [-0.2, 0) is 14.4 Å². The third-order valence-electron chi connectivity index (χ3n) is 9.52. The van der Waals surface area contributed by atoms with Crippen LogP contribution in [0.25, 0.3) is 10.9 Å². The number of thioether (sulfide) groups is 1. The average Bonchev–Trinajstić information content (AvgIpc) is 3.47. The molecule has 3 aliphatic heterocycles. The van der Waals surface area contributed by atoms with E-state index in [0.717, 1.165) is 25.7 Å². The fourth-order valence-corrected chi connectivity index (χ4v) is 9.17. The zero-order chi connectivity index (χ0) is 31.1. The van der Waals surface area contributed by atoms with Crippen LogP contribution in [0.15, 0.2) is 53.5 Å². The fraction of sp³-hybridized carbons (Fsp3) is 0.406. The number of carbonyl (C=O) groups is 4. The zero-order valence-corrected chi connectivity index (χ0v) is 24.9. The van der Waals surface area contributed by atoms with Gasteiger partial charge in [-0.1, -0.05) is 43.2 Å². The van der Waals surface area contributed by atoms with E-state index in [1.807, 2.05) is 4.57 Å². The largest absolute Gasteiger partial charge is 0.480 e. The van der Waals surface area contributed by atoms with E-state index in [4.69, 9.17) is 0 Å². The maximum absolute atomic E-state index is 15.0. The Morgan fingerprint density at radius 1 is 1.07 bits per heavy atom. The maximum atomic E-state index is 15.0. The van der Waals surface area contributed by atoms with E-state index in [0.29, 0.717) is 16.6 Å². The lowest BCUT2D eigenvalue weighted by Crippen LogP contribution is -2.71. The van der Waals surface area contributed by atoms with Crippen LogP contribution in [0.5, 0.6) is 0 Å². The quantitative estimate of drug-likeness (QED) is 0.360. The highest BCUT2D eigenvalue weighted by Crippen LogP contribution is 2.51. The van der Waals surface area contributed by atoms with Gasteiger partial charge in [0.25, 0.3) is 5.91 Å². The lowest BCUT2D eigenvalue weighted by atomic mass is 9.82. The zero-order valence-electron chi connectivity index (χ0n) is 24.1. The predicted octanol–water partition coefficient (Wildman–Crippen LogP) is 3.46. The topological polar surface area (TPSA) is 138 Å². The number of carbonyl (C=O) groups excluding carboxylic acids is 3. The van der Waals surface area contributed by atoms with E-state index in [2.05, 4.69) is 10.6 Å². The highest BCUT2D eigenvalue weighted by Gasteiger charge is 2.64. The Morgan fingerprint density at radius 3 is 2.52 bits per heavy atom. The molecule has 44 heavy (non-hydrogen) atoms. The fourth-order valence-electron chi connectivity index (χ4n) is 7.55. The first-order valence-electron chi connectivity index (χ1n) is 14.8. The van der Waals surface area contributed by atoms with Crippen molar-refractivity contribution < 1.29 is 28.7 Å². The number of halogens is 1. The van der Waals surface area contributed by atoms with Gasteiger partial charge in [-0.25, -0.2) is 9.18 Å². The van der Waals surface area contributed by atoms with Crippen molar-refractivity contribution in [1.82, 2.24) is 20.1 Å². The van der Waals surface area contributed by atoms with Crippen molar-refractivity contribution >= 4 is 46.4 Å². The minimum Gasteiger partial charge on any atom is -0.480 e. The van der Waals surface area contributed by atoms with Crippen LogP contribution < -0.4 is 16.1 Å². The molecule has 3 N–H and O–H groups in total. The summed E-state index contributed by atoms with van der Waals surface area (Å²) in [6, 6.07) is 7.87. The summed E-state index contributed by atoms with van der Waals surface area (Å²) in [5.41, 5.74) is 0.806. The molecule has 12 heteroatoms. The number of carboxylic acids is 1. The molecule has 7 rings (SSSR count). The molecule has 1 aliphatic carbocycles. The summed E-state index contributed by atoms with van der Waals surface area (Å²) in [6.07, 6.45) is 5.03. The van der Waals surface area contributed by atoms with E-state index in [1.165, 1.54) is 35.0 Å². The summed E-state index contributed by atoms with van der Waals surface area (Å²) in [6.45, 7) is 3.49. The number of β-lactam (4-membered cyclic amide) rings is 1. The molecule has 6 atom stereocenters. The summed E-state index contributed by atoms with van der Waals surface area (Å²) in [7, 11) is 0. The van der Waals surface area contributed by atoms with E-state index < -0.39 is 57.4 Å². The lowest BCUT2D eigenvalue weighted by molar-refractivity contribution is -0.161. The Balaban J connectivity index is 1.20. The molecule has 1 aromatic heterocycles. The number of nitrogens with one attached hydrogen (secondary N) is 2. The van der Waals surface area contributed by atoms with Crippen molar-refractivity contribution in [2.45, 2.75) is 79.7 Å². The second-order valence-corrected chi connectivity index (χ2v) is 14.3. The minimum absolute atomic E-state index is 0.0612. The summed E-state index contributed by atoms with van der Waals surface area (Å²) >= 11 is 1.30. The first-order chi connectivity index (χ1) is 21.0. The number of amides is 3. The number of carboxylic acid groups (broad SMARTS) is 1. The number of fused-ring (bicyclic) bond motifs is 4. The van der Waals surface area contributed by atoms with E-state index >= 15 is 4.39 Å². The van der Waals surface area contributed by atoms with Gasteiger partial charge in [0.1, 0.15) is 34.9 Å². The van der Waals surface area contributed by atoms with Gasteiger partial charge in [0, 0.05) is 33.9 Å². The summed E-state index contributed by atoms with van der Waals surface area (Å²) in [5, 5.41) is 14.9. The molecule has 228 valence electrons. The number of rotatable bonds is 6. The minimum atomic E-state index is -1.25. The number of hydrogen-bond acceptors (Lipinski definition) is 6. The number of pyridine rings is 1. The Morgan fingerprint density at radius 2 is 1.80 bits per heavy atom. The van der Waals surface area contributed by atoms with Crippen molar-refractivity contribution in [3.8, 4) is 0 Å². The molecule has 0 bridgehead atoms. The summed E-state index contributed by atoms with van der Waals surface area (Å²) < 4.78 is 16.1. The number of nitrogens with zero attached hydrogens (tertiary/aromatic N) is 2. The van der Waals surface area contributed by atoms with Gasteiger partial charge in [-0.15, -0.1) is 11.8 Å². The second-order valence-electron chi connectivity index (χ2n) is 12.5. The molecule has 4 heterocycles. The van der Waals surface area contributed by atoms with Gasteiger partial charge in [0.15, 0.2) is 0 Å².